The van der Waals surface area contributed by atoms with Gasteiger partial charge in [0.05, 0.1) is 25.2 Å². The average Bonchev–Trinajstić information content (AvgIpc) is 3.56. The molecule has 2 fully saturated rings. The molecule has 0 spiro atoms. The fraction of sp³-hybridized carbons (Fsp3) is 0.414. The summed E-state index contributed by atoms with van der Waals surface area (Å²) in [6.45, 7) is 3.13. The average molecular weight is 590 g/mol. The Bertz CT molecular complexity index is 1330. The summed E-state index contributed by atoms with van der Waals surface area (Å²) in [5.41, 5.74) is 5.55. The number of nitrogens with one attached hydrogen (secondary N) is 1. The van der Waals surface area contributed by atoms with Crippen LogP contribution in [0.3, 0.4) is 0 Å². The quantitative estimate of drug-likeness (QED) is 0.442. The number of halogens is 3. The SMILES string of the molecule is Cl.O=C(c1ccc(-c2cc(Cl)c(CC3CCN(C4CCc5[nH]cnc5C4)C3=O)c(Cl)c2)cc1)N1CCOCC1. The highest BCUT2D eigenvalue weighted by Crippen LogP contribution is 2.36. The Morgan fingerprint density at radius 3 is 2.46 bits per heavy atom. The summed E-state index contributed by atoms with van der Waals surface area (Å²) in [7, 11) is 0. The Hall–Kier alpha value is -2.58. The van der Waals surface area contributed by atoms with Crippen molar-refractivity contribution in [3.05, 3.63) is 75.3 Å². The number of carbonyl (C=O) groups excluding carboxylic acids is 2. The molecule has 1 N–H and O–H groups in total. The monoisotopic (exact) mass is 588 g/mol. The van der Waals surface area contributed by atoms with E-state index in [9.17, 15) is 9.59 Å². The molecule has 2 saturated heterocycles. The maximum absolute atomic E-state index is 13.3. The molecule has 0 radical (unpaired) electrons. The van der Waals surface area contributed by atoms with Crippen LogP contribution in [0.5, 0.6) is 0 Å². The van der Waals surface area contributed by atoms with Crippen LogP contribution in [-0.4, -0.2) is 70.5 Å². The van der Waals surface area contributed by atoms with Crippen molar-refractivity contribution in [2.24, 2.45) is 5.92 Å². The zero-order chi connectivity index (χ0) is 26.2. The molecule has 0 saturated carbocycles. The van der Waals surface area contributed by atoms with Crippen molar-refractivity contribution in [3.63, 3.8) is 0 Å². The molecule has 206 valence electrons. The van der Waals surface area contributed by atoms with Gasteiger partial charge in [0, 0.05) is 59.3 Å². The molecule has 2 aliphatic heterocycles. The molecule has 2 amide bonds. The van der Waals surface area contributed by atoms with E-state index in [1.807, 2.05) is 46.2 Å². The van der Waals surface area contributed by atoms with Crippen LogP contribution in [0.15, 0.2) is 42.7 Å². The van der Waals surface area contributed by atoms with Gasteiger partial charge in [0.15, 0.2) is 0 Å². The lowest BCUT2D eigenvalue weighted by Crippen LogP contribution is -2.41. The Labute approximate surface area is 244 Å². The maximum Gasteiger partial charge on any atom is 0.254 e. The number of carbonyl (C=O) groups is 2. The summed E-state index contributed by atoms with van der Waals surface area (Å²) >= 11 is 13.5. The van der Waals surface area contributed by atoms with E-state index in [-0.39, 0.29) is 36.2 Å². The van der Waals surface area contributed by atoms with Crippen LogP contribution in [-0.2, 0) is 28.8 Å². The van der Waals surface area contributed by atoms with Crippen LogP contribution in [0.25, 0.3) is 11.1 Å². The molecule has 3 aliphatic rings. The van der Waals surface area contributed by atoms with E-state index in [1.165, 1.54) is 5.69 Å². The van der Waals surface area contributed by atoms with Gasteiger partial charge in [0.2, 0.25) is 5.91 Å². The summed E-state index contributed by atoms with van der Waals surface area (Å²) in [5.74, 6) is 0.0761. The predicted octanol–water partition coefficient (Wildman–Crippen LogP) is 5.23. The van der Waals surface area contributed by atoms with Crippen molar-refractivity contribution in [1.29, 1.82) is 0 Å². The lowest BCUT2D eigenvalue weighted by molar-refractivity contribution is -0.133. The van der Waals surface area contributed by atoms with E-state index in [4.69, 9.17) is 27.9 Å². The number of aromatic nitrogens is 2. The minimum atomic E-state index is -0.123. The Kier molecular flexibility index (Phi) is 8.52. The van der Waals surface area contributed by atoms with Crippen molar-refractivity contribution in [3.8, 4) is 11.1 Å². The molecule has 6 rings (SSSR count). The van der Waals surface area contributed by atoms with Gasteiger partial charge >= 0.3 is 0 Å². The van der Waals surface area contributed by atoms with Crippen LogP contribution in [0.4, 0.5) is 0 Å². The van der Waals surface area contributed by atoms with Crippen LogP contribution in [0.1, 0.15) is 40.2 Å². The molecule has 7 nitrogen and oxygen atoms in total. The highest BCUT2D eigenvalue weighted by molar-refractivity contribution is 6.36. The third kappa shape index (κ3) is 5.68. The third-order valence-corrected chi connectivity index (χ3v) is 8.79. The number of H-pyrrole nitrogens is 1. The van der Waals surface area contributed by atoms with Gasteiger partial charge in [-0.15, -0.1) is 12.4 Å². The number of ether oxygens (including phenoxy) is 1. The zero-order valence-electron chi connectivity index (χ0n) is 21.5. The van der Waals surface area contributed by atoms with Crippen LogP contribution in [0.2, 0.25) is 10.0 Å². The molecule has 3 aromatic rings. The number of aromatic amines is 1. The molecular formula is C29H31Cl3N4O3. The van der Waals surface area contributed by atoms with Crippen LogP contribution in [0, 0.1) is 5.92 Å². The third-order valence-electron chi connectivity index (χ3n) is 8.11. The van der Waals surface area contributed by atoms with E-state index < -0.39 is 0 Å². The lowest BCUT2D eigenvalue weighted by atomic mass is 9.94. The fourth-order valence-corrected chi connectivity index (χ4v) is 6.57. The molecule has 2 atom stereocenters. The van der Waals surface area contributed by atoms with Gasteiger partial charge < -0.3 is 19.5 Å². The van der Waals surface area contributed by atoms with E-state index in [1.54, 1.807) is 6.33 Å². The Morgan fingerprint density at radius 1 is 1.03 bits per heavy atom. The first kappa shape index (κ1) is 28.0. The number of amides is 2. The number of benzene rings is 2. The molecule has 39 heavy (non-hydrogen) atoms. The zero-order valence-corrected chi connectivity index (χ0v) is 23.8. The number of nitrogens with zero attached hydrogens (tertiary/aromatic N) is 3. The molecule has 2 aromatic carbocycles. The van der Waals surface area contributed by atoms with Gasteiger partial charge in [0.25, 0.3) is 5.91 Å². The standard InChI is InChI=1S/C29H30Cl2N4O3.ClH/c30-24-14-21(18-1-3-19(4-2-18)28(36)34-9-11-38-12-10-34)15-25(31)23(24)13-20-7-8-35(29(20)37)22-5-6-26-27(16-22)33-17-32-26;/h1-4,14-15,17,20,22H,5-13,16H2,(H,32,33);1H. The summed E-state index contributed by atoms with van der Waals surface area (Å²) in [5, 5.41) is 1.12. The number of fused-ring (bicyclic) bond motifs is 1. The van der Waals surface area contributed by atoms with Crippen molar-refractivity contribution >= 4 is 47.4 Å². The van der Waals surface area contributed by atoms with Crippen LogP contribution >= 0.6 is 35.6 Å². The summed E-state index contributed by atoms with van der Waals surface area (Å²) in [4.78, 5) is 37.6. The van der Waals surface area contributed by atoms with E-state index in [0.29, 0.717) is 48.3 Å². The van der Waals surface area contributed by atoms with Gasteiger partial charge in [-0.25, -0.2) is 4.98 Å². The Morgan fingerprint density at radius 2 is 1.74 bits per heavy atom. The first-order chi connectivity index (χ1) is 18.5. The number of imidazole rings is 1. The summed E-state index contributed by atoms with van der Waals surface area (Å²) in [6.07, 6.45) is 5.77. The number of likely N-dealkylation sites (tertiary alicyclic amines) is 1. The van der Waals surface area contributed by atoms with Gasteiger partial charge in [-0.3, -0.25) is 9.59 Å². The Balaban J connectivity index is 0.00000308. The topological polar surface area (TPSA) is 78.5 Å². The van der Waals surface area contributed by atoms with Crippen molar-refractivity contribution in [1.82, 2.24) is 19.8 Å². The minimum absolute atomic E-state index is 0. The fourth-order valence-electron chi connectivity index (χ4n) is 5.92. The largest absolute Gasteiger partial charge is 0.378 e. The highest BCUT2D eigenvalue weighted by atomic mass is 35.5. The van der Waals surface area contributed by atoms with Gasteiger partial charge in [-0.1, -0.05) is 35.3 Å². The second-order valence-corrected chi connectivity index (χ2v) is 11.2. The smallest absolute Gasteiger partial charge is 0.254 e. The predicted molar refractivity (Wildman–Crippen MR) is 154 cm³/mol. The number of rotatable bonds is 5. The first-order valence-corrected chi connectivity index (χ1v) is 14.0. The van der Waals surface area contributed by atoms with Gasteiger partial charge in [-0.05, 0) is 66.6 Å². The van der Waals surface area contributed by atoms with Crippen molar-refractivity contribution in [2.45, 2.75) is 38.1 Å². The molecular weight excluding hydrogens is 559 g/mol. The van der Waals surface area contributed by atoms with Crippen molar-refractivity contribution < 1.29 is 14.3 Å². The maximum atomic E-state index is 13.3. The number of hydrogen-bond acceptors (Lipinski definition) is 4. The second-order valence-electron chi connectivity index (χ2n) is 10.3. The van der Waals surface area contributed by atoms with Gasteiger partial charge in [0.1, 0.15) is 0 Å². The van der Waals surface area contributed by atoms with E-state index >= 15 is 0 Å². The van der Waals surface area contributed by atoms with Crippen molar-refractivity contribution in [2.75, 3.05) is 32.8 Å². The molecule has 1 aliphatic carbocycles. The van der Waals surface area contributed by atoms with Gasteiger partial charge in [-0.2, -0.15) is 0 Å². The number of hydrogen-bond donors (Lipinski definition) is 1. The highest BCUT2D eigenvalue weighted by Gasteiger charge is 2.38. The van der Waals surface area contributed by atoms with Crippen LogP contribution < -0.4 is 0 Å². The van der Waals surface area contributed by atoms with E-state index in [0.717, 1.165) is 54.6 Å². The molecule has 1 aromatic heterocycles. The van der Waals surface area contributed by atoms with E-state index in [2.05, 4.69) is 9.97 Å². The summed E-state index contributed by atoms with van der Waals surface area (Å²) < 4.78 is 5.34. The molecule has 0 bridgehead atoms. The second kappa shape index (κ2) is 11.9. The normalized spacial score (nSPS) is 21.0. The molecule has 10 heteroatoms. The lowest BCUT2D eigenvalue weighted by Gasteiger charge is -2.31. The minimum Gasteiger partial charge on any atom is -0.378 e. The first-order valence-electron chi connectivity index (χ1n) is 13.2. The number of aryl methyl sites for hydroxylation is 1. The summed E-state index contributed by atoms with van der Waals surface area (Å²) in [6, 6.07) is 11.5. The number of morpholine rings is 1. The molecule has 2 unspecified atom stereocenters. The molecule has 3 heterocycles.